The predicted octanol–water partition coefficient (Wildman–Crippen LogP) is 3.39. The summed E-state index contributed by atoms with van der Waals surface area (Å²) >= 11 is 0. The maximum absolute atomic E-state index is 11.9. The Labute approximate surface area is 155 Å². The molecule has 0 radical (unpaired) electrons. The van der Waals surface area contributed by atoms with Gasteiger partial charge in [0, 0.05) is 38.0 Å². The first-order chi connectivity index (χ1) is 12.2. The van der Waals surface area contributed by atoms with Gasteiger partial charge in [-0.1, -0.05) is 26.8 Å². The molecule has 7 heteroatoms. The first kappa shape index (κ1) is 19.5. The van der Waals surface area contributed by atoms with Crippen LogP contribution in [0.15, 0.2) is 24.3 Å². The summed E-state index contributed by atoms with van der Waals surface area (Å²) in [6.45, 7) is 9.25. The van der Waals surface area contributed by atoms with Gasteiger partial charge < -0.3 is 21.3 Å². The smallest absolute Gasteiger partial charge is 0.251 e. The number of hydrogen-bond acceptors (Lipinski definition) is 6. The van der Waals surface area contributed by atoms with Crippen LogP contribution in [-0.4, -0.2) is 36.5 Å². The Balaban J connectivity index is 2.29. The highest BCUT2D eigenvalue weighted by Gasteiger charge is 2.12. The van der Waals surface area contributed by atoms with Crippen molar-refractivity contribution in [1.82, 2.24) is 15.3 Å². The summed E-state index contributed by atoms with van der Waals surface area (Å²) in [4.78, 5) is 20.8. The van der Waals surface area contributed by atoms with E-state index in [0.717, 1.165) is 23.6 Å². The van der Waals surface area contributed by atoms with E-state index >= 15 is 0 Å². The SMILES string of the molecule is CNC(=O)c1ccc(C)c(Nc2cc(NCC(C)(C)C)nc(NC)n2)c1. The van der Waals surface area contributed by atoms with E-state index in [1.54, 1.807) is 20.2 Å². The lowest BCUT2D eigenvalue weighted by Crippen LogP contribution is -2.20. The van der Waals surface area contributed by atoms with E-state index in [4.69, 9.17) is 0 Å². The van der Waals surface area contributed by atoms with Crippen molar-refractivity contribution in [3.05, 3.63) is 35.4 Å². The van der Waals surface area contributed by atoms with Crippen LogP contribution in [0.1, 0.15) is 36.7 Å². The molecule has 0 aliphatic carbocycles. The van der Waals surface area contributed by atoms with E-state index in [9.17, 15) is 4.79 Å². The largest absolute Gasteiger partial charge is 0.369 e. The summed E-state index contributed by atoms with van der Waals surface area (Å²) in [6, 6.07) is 7.39. The molecule has 1 aromatic heterocycles. The molecular formula is C19H28N6O. The normalized spacial score (nSPS) is 11.0. The van der Waals surface area contributed by atoms with Gasteiger partial charge in [-0.25, -0.2) is 0 Å². The lowest BCUT2D eigenvalue weighted by atomic mass is 9.97. The first-order valence-electron chi connectivity index (χ1n) is 8.62. The number of benzene rings is 1. The fraction of sp³-hybridized carbons (Fsp3) is 0.421. The van der Waals surface area contributed by atoms with Gasteiger partial charge in [-0.3, -0.25) is 4.79 Å². The highest BCUT2D eigenvalue weighted by molar-refractivity contribution is 5.95. The van der Waals surface area contributed by atoms with Crippen molar-refractivity contribution in [1.29, 1.82) is 0 Å². The van der Waals surface area contributed by atoms with Crippen molar-refractivity contribution in [2.24, 2.45) is 5.41 Å². The van der Waals surface area contributed by atoms with Crippen molar-refractivity contribution >= 4 is 29.2 Å². The van der Waals surface area contributed by atoms with E-state index in [1.807, 2.05) is 25.1 Å². The van der Waals surface area contributed by atoms with Crippen LogP contribution in [0.2, 0.25) is 0 Å². The molecule has 0 saturated heterocycles. The van der Waals surface area contributed by atoms with Crippen molar-refractivity contribution < 1.29 is 4.79 Å². The average molecular weight is 356 g/mol. The van der Waals surface area contributed by atoms with Crippen LogP contribution in [0.4, 0.5) is 23.3 Å². The van der Waals surface area contributed by atoms with Crippen LogP contribution >= 0.6 is 0 Å². The Morgan fingerprint density at radius 2 is 1.77 bits per heavy atom. The Morgan fingerprint density at radius 1 is 1.08 bits per heavy atom. The minimum absolute atomic E-state index is 0.126. The molecule has 2 rings (SSSR count). The molecule has 1 heterocycles. The van der Waals surface area contributed by atoms with Gasteiger partial charge in [0.2, 0.25) is 5.95 Å². The fourth-order valence-electron chi connectivity index (χ4n) is 2.25. The molecule has 0 spiro atoms. The van der Waals surface area contributed by atoms with E-state index in [0.29, 0.717) is 17.3 Å². The quantitative estimate of drug-likeness (QED) is 0.634. The van der Waals surface area contributed by atoms with Gasteiger partial charge >= 0.3 is 0 Å². The van der Waals surface area contributed by atoms with Crippen molar-refractivity contribution in [3.63, 3.8) is 0 Å². The summed E-state index contributed by atoms with van der Waals surface area (Å²) in [7, 11) is 3.40. The van der Waals surface area contributed by atoms with Crippen LogP contribution in [-0.2, 0) is 0 Å². The molecule has 0 saturated carbocycles. The Kier molecular flexibility index (Phi) is 6.02. The molecule has 1 amide bonds. The number of carbonyl (C=O) groups is 1. The third kappa shape index (κ3) is 5.34. The summed E-state index contributed by atoms with van der Waals surface area (Å²) in [5, 5.41) is 12.3. The van der Waals surface area contributed by atoms with Crippen molar-refractivity contribution in [2.45, 2.75) is 27.7 Å². The number of aromatic nitrogens is 2. The molecule has 7 nitrogen and oxygen atoms in total. The van der Waals surface area contributed by atoms with Crippen LogP contribution in [0.3, 0.4) is 0 Å². The Morgan fingerprint density at radius 3 is 2.38 bits per heavy atom. The molecule has 140 valence electrons. The molecule has 0 unspecified atom stereocenters. The number of hydrogen-bond donors (Lipinski definition) is 4. The van der Waals surface area contributed by atoms with Gasteiger partial charge in [-0.05, 0) is 30.0 Å². The first-order valence-corrected chi connectivity index (χ1v) is 8.62. The number of anilines is 4. The van der Waals surface area contributed by atoms with Gasteiger partial charge in [0.15, 0.2) is 0 Å². The molecular weight excluding hydrogens is 328 g/mol. The Hall–Kier alpha value is -2.83. The second kappa shape index (κ2) is 8.03. The lowest BCUT2D eigenvalue weighted by Gasteiger charge is -2.20. The minimum Gasteiger partial charge on any atom is -0.369 e. The van der Waals surface area contributed by atoms with Gasteiger partial charge in [0.05, 0.1) is 0 Å². The predicted molar refractivity (Wildman–Crippen MR) is 107 cm³/mol. The van der Waals surface area contributed by atoms with Crippen molar-refractivity contribution in [3.8, 4) is 0 Å². The minimum atomic E-state index is -0.126. The van der Waals surface area contributed by atoms with Crippen LogP contribution < -0.4 is 21.3 Å². The number of nitrogens with zero attached hydrogens (tertiary/aromatic N) is 2. The monoisotopic (exact) mass is 356 g/mol. The zero-order valence-electron chi connectivity index (χ0n) is 16.3. The molecule has 0 atom stereocenters. The maximum atomic E-state index is 11.9. The average Bonchev–Trinajstić information content (AvgIpc) is 2.60. The van der Waals surface area contributed by atoms with Crippen molar-refractivity contribution in [2.75, 3.05) is 36.6 Å². The molecule has 0 bridgehead atoms. The lowest BCUT2D eigenvalue weighted by molar-refractivity contribution is 0.0963. The number of nitrogens with one attached hydrogen (secondary N) is 4. The fourth-order valence-corrected chi connectivity index (χ4v) is 2.25. The third-order valence-corrected chi connectivity index (χ3v) is 3.74. The third-order valence-electron chi connectivity index (χ3n) is 3.74. The van der Waals surface area contributed by atoms with Gasteiger partial charge in [-0.15, -0.1) is 0 Å². The van der Waals surface area contributed by atoms with Gasteiger partial charge in [0.1, 0.15) is 11.6 Å². The molecule has 4 N–H and O–H groups in total. The standard InChI is InChI=1S/C19H28N6O/c1-12-7-8-13(17(26)20-5)9-14(12)23-16-10-15(22-11-19(2,3)4)24-18(21-6)25-16/h7-10H,11H2,1-6H3,(H,20,26)(H3,21,22,23,24,25). The summed E-state index contributed by atoms with van der Waals surface area (Å²) in [5.41, 5.74) is 2.58. The van der Waals surface area contributed by atoms with E-state index in [-0.39, 0.29) is 11.3 Å². The zero-order chi connectivity index (χ0) is 19.3. The molecule has 1 aromatic carbocycles. The highest BCUT2D eigenvalue weighted by Crippen LogP contribution is 2.24. The van der Waals surface area contributed by atoms with E-state index in [1.165, 1.54) is 0 Å². The Bertz CT molecular complexity index is 782. The molecule has 2 aromatic rings. The molecule has 26 heavy (non-hydrogen) atoms. The summed E-state index contributed by atoms with van der Waals surface area (Å²) in [5.74, 6) is 1.78. The number of carbonyl (C=O) groups excluding carboxylic acids is 1. The second-order valence-corrected chi connectivity index (χ2v) is 7.36. The highest BCUT2D eigenvalue weighted by atomic mass is 16.1. The molecule has 0 aliphatic heterocycles. The zero-order valence-corrected chi connectivity index (χ0v) is 16.3. The maximum Gasteiger partial charge on any atom is 0.251 e. The number of amides is 1. The van der Waals surface area contributed by atoms with E-state index < -0.39 is 0 Å². The number of aryl methyl sites for hydroxylation is 1. The summed E-state index contributed by atoms with van der Waals surface area (Å²) in [6.07, 6.45) is 0. The molecule has 0 fully saturated rings. The van der Waals surface area contributed by atoms with Gasteiger partial charge in [0.25, 0.3) is 5.91 Å². The topological polar surface area (TPSA) is 91.0 Å². The van der Waals surface area contributed by atoms with Gasteiger partial charge in [-0.2, -0.15) is 9.97 Å². The summed E-state index contributed by atoms with van der Waals surface area (Å²) < 4.78 is 0. The van der Waals surface area contributed by atoms with Crippen LogP contribution in [0.25, 0.3) is 0 Å². The van der Waals surface area contributed by atoms with Crippen LogP contribution in [0, 0.1) is 12.3 Å². The second-order valence-electron chi connectivity index (χ2n) is 7.36. The van der Waals surface area contributed by atoms with E-state index in [2.05, 4.69) is 52.0 Å². The number of rotatable bonds is 6. The molecule has 0 aliphatic rings. The van der Waals surface area contributed by atoms with Crippen LogP contribution in [0.5, 0.6) is 0 Å².